The summed E-state index contributed by atoms with van der Waals surface area (Å²) < 4.78 is 1.64. The molecule has 0 radical (unpaired) electrons. The predicted octanol–water partition coefficient (Wildman–Crippen LogP) is 2.54. The van der Waals surface area contributed by atoms with Crippen LogP contribution in [-0.2, 0) is 6.42 Å². The van der Waals surface area contributed by atoms with Gasteiger partial charge in [0.15, 0.2) is 5.82 Å². The Kier molecular flexibility index (Phi) is 5.03. The molecule has 1 aromatic carbocycles. The molecule has 0 bridgehead atoms. The number of ketones is 1. The van der Waals surface area contributed by atoms with Gasteiger partial charge in [-0.3, -0.25) is 19.0 Å². The van der Waals surface area contributed by atoms with Gasteiger partial charge < -0.3 is 11.1 Å². The molecule has 29 heavy (non-hydrogen) atoms. The highest BCUT2D eigenvalue weighted by Crippen LogP contribution is 2.18. The molecule has 7 heteroatoms. The first-order valence-electron chi connectivity index (χ1n) is 9.16. The maximum atomic E-state index is 13.4. The quantitative estimate of drug-likeness (QED) is 0.497. The van der Waals surface area contributed by atoms with Gasteiger partial charge in [-0.15, -0.1) is 0 Å². The lowest BCUT2D eigenvalue weighted by molar-refractivity contribution is 0.0851. The first-order chi connectivity index (χ1) is 14.1. The molecule has 0 saturated carbocycles. The summed E-state index contributed by atoms with van der Waals surface area (Å²) in [6, 6.07) is 19.1. The van der Waals surface area contributed by atoms with Crippen LogP contribution in [0.3, 0.4) is 0 Å². The molecule has 144 valence electrons. The number of carbonyl (C=O) groups is 2. The molecule has 4 rings (SSSR count). The van der Waals surface area contributed by atoms with E-state index < -0.39 is 11.9 Å². The van der Waals surface area contributed by atoms with Crippen LogP contribution < -0.4 is 11.1 Å². The summed E-state index contributed by atoms with van der Waals surface area (Å²) >= 11 is 0. The average molecular weight is 385 g/mol. The van der Waals surface area contributed by atoms with Crippen molar-refractivity contribution >= 4 is 23.2 Å². The number of benzene rings is 1. The Morgan fingerprint density at radius 3 is 2.52 bits per heavy atom. The van der Waals surface area contributed by atoms with Crippen LogP contribution >= 0.6 is 0 Å². The summed E-state index contributed by atoms with van der Waals surface area (Å²) in [5.41, 5.74) is 8.03. The van der Waals surface area contributed by atoms with Gasteiger partial charge in [0.05, 0.1) is 6.04 Å². The zero-order chi connectivity index (χ0) is 20.2. The lowest BCUT2D eigenvalue weighted by Crippen LogP contribution is -2.43. The topological polar surface area (TPSA) is 102 Å². The maximum Gasteiger partial charge on any atom is 0.270 e. The number of nitrogens with zero attached hydrogens (tertiary/aromatic N) is 3. The number of pyridine rings is 2. The Labute approximate surface area is 167 Å². The number of nitrogen functional groups attached to an aromatic ring is 1. The van der Waals surface area contributed by atoms with Crippen molar-refractivity contribution in [2.24, 2.45) is 0 Å². The van der Waals surface area contributed by atoms with E-state index in [1.54, 1.807) is 40.9 Å². The van der Waals surface area contributed by atoms with E-state index in [4.69, 9.17) is 5.73 Å². The summed E-state index contributed by atoms with van der Waals surface area (Å²) in [4.78, 5) is 34.4. The molecule has 7 nitrogen and oxygen atoms in total. The van der Waals surface area contributed by atoms with E-state index in [9.17, 15) is 9.59 Å². The zero-order valence-corrected chi connectivity index (χ0v) is 15.5. The van der Waals surface area contributed by atoms with Crippen molar-refractivity contribution in [3.8, 4) is 0 Å². The summed E-state index contributed by atoms with van der Waals surface area (Å²) in [7, 11) is 0. The van der Waals surface area contributed by atoms with Gasteiger partial charge in [0.25, 0.3) is 5.91 Å². The molecule has 0 aliphatic carbocycles. The number of anilines is 1. The number of Topliss-reactive ketones (excluding diaryl/α,β-unsaturated/α-hetero) is 1. The molecular weight excluding hydrogens is 366 g/mol. The monoisotopic (exact) mass is 385 g/mol. The van der Waals surface area contributed by atoms with Crippen LogP contribution in [0, 0.1) is 0 Å². The van der Waals surface area contributed by atoms with Crippen molar-refractivity contribution in [2.75, 3.05) is 5.73 Å². The van der Waals surface area contributed by atoms with Crippen LogP contribution in [0.25, 0.3) is 5.65 Å². The number of hydrogen-bond acceptors (Lipinski definition) is 5. The number of carbonyl (C=O) groups excluding carboxylic acids is 2. The molecule has 3 aromatic heterocycles. The molecule has 0 aliphatic rings. The lowest BCUT2D eigenvalue weighted by atomic mass is 10.00. The molecular formula is C22H19N5O2. The average Bonchev–Trinajstić information content (AvgIpc) is 3.09. The number of imidazole rings is 1. The summed E-state index contributed by atoms with van der Waals surface area (Å²) in [5, 5.41) is 2.81. The molecule has 3 heterocycles. The van der Waals surface area contributed by atoms with Crippen molar-refractivity contribution in [3.05, 3.63) is 96.1 Å². The van der Waals surface area contributed by atoms with E-state index >= 15 is 0 Å². The number of rotatable bonds is 6. The third-order valence-corrected chi connectivity index (χ3v) is 4.59. The zero-order valence-electron chi connectivity index (χ0n) is 15.5. The first-order valence-corrected chi connectivity index (χ1v) is 9.16. The van der Waals surface area contributed by atoms with Crippen molar-refractivity contribution in [2.45, 2.75) is 12.5 Å². The van der Waals surface area contributed by atoms with Gasteiger partial charge in [-0.1, -0.05) is 42.5 Å². The SMILES string of the molecule is Nc1nc2ccccn2c1C(=O)[C@H](Cc1ccccc1)NC(=O)c1ccccn1. The van der Waals surface area contributed by atoms with Gasteiger partial charge in [0, 0.05) is 18.8 Å². The summed E-state index contributed by atoms with van der Waals surface area (Å²) in [6.45, 7) is 0. The van der Waals surface area contributed by atoms with Gasteiger partial charge >= 0.3 is 0 Å². The normalized spacial score (nSPS) is 11.9. The number of nitrogens with two attached hydrogens (primary N) is 1. The van der Waals surface area contributed by atoms with Crippen LogP contribution in [0.15, 0.2) is 79.1 Å². The van der Waals surface area contributed by atoms with Crippen molar-refractivity contribution < 1.29 is 9.59 Å². The molecule has 0 fully saturated rings. The summed E-state index contributed by atoms with van der Waals surface area (Å²) in [6.07, 6.45) is 3.58. The van der Waals surface area contributed by atoms with Crippen LogP contribution in [-0.4, -0.2) is 32.1 Å². The number of hydrogen-bond donors (Lipinski definition) is 2. The molecule has 0 saturated heterocycles. The van der Waals surface area contributed by atoms with Gasteiger partial charge in [-0.05, 0) is 29.8 Å². The summed E-state index contributed by atoms with van der Waals surface area (Å²) in [5.74, 6) is -0.604. The molecule has 3 N–H and O–H groups in total. The van der Waals surface area contributed by atoms with Crippen molar-refractivity contribution in [1.82, 2.24) is 19.7 Å². The Bertz CT molecular complexity index is 1160. The van der Waals surface area contributed by atoms with E-state index in [1.165, 1.54) is 6.20 Å². The minimum absolute atomic E-state index is 0.131. The molecule has 0 spiro atoms. The Morgan fingerprint density at radius 1 is 1.00 bits per heavy atom. The minimum atomic E-state index is -0.825. The van der Waals surface area contributed by atoms with Gasteiger partial charge in [-0.25, -0.2) is 4.98 Å². The molecule has 0 unspecified atom stereocenters. The largest absolute Gasteiger partial charge is 0.382 e. The fraction of sp³-hybridized carbons (Fsp3) is 0.0909. The van der Waals surface area contributed by atoms with Crippen LogP contribution in [0.2, 0.25) is 0 Å². The Balaban J connectivity index is 1.70. The maximum absolute atomic E-state index is 13.4. The number of nitrogens with one attached hydrogen (secondary N) is 1. The van der Waals surface area contributed by atoms with E-state index in [0.717, 1.165) is 5.56 Å². The van der Waals surface area contributed by atoms with Gasteiger partial charge in [0.2, 0.25) is 5.78 Å². The second kappa shape index (κ2) is 7.93. The highest BCUT2D eigenvalue weighted by atomic mass is 16.2. The third kappa shape index (κ3) is 3.84. The highest BCUT2D eigenvalue weighted by Gasteiger charge is 2.28. The van der Waals surface area contributed by atoms with E-state index in [2.05, 4.69) is 15.3 Å². The standard InChI is InChI=1S/C22H19N5O2/c23-21-19(27-13-7-5-11-18(27)26-21)20(28)17(14-15-8-2-1-3-9-15)25-22(29)16-10-4-6-12-24-16/h1-13,17H,14,23H2,(H,25,29)/t17-/m0/s1. The van der Waals surface area contributed by atoms with Crippen molar-refractivity contribution in [3.63, 3.8) is 0 Å². The predicted molar refractivity (Wildman–Crippen MR) is 110 cm³/mol. The molecule has 1 amide bonds. The van der Waals surface area contributed by atoms with E-state index in [1.807, 2.05) is 36.4 Å². The van der Waals surface area contributed by atoms with E-state index in [-0.39, 0.29) is 23.0 Å². The van der Waals surface area contributed by atoms with Crippen LogP contribution in [0.4, 0.5) is 5.82 Å². The first kappa shape index (κ1) is 18.4. The highest BCUT2D eigenvalue weighted by molar-refractivity contribution is 6.06. The van der Waals surface area contributed by atoms with Gasteiger partial charge in [-0.2, -0.15) is 0 Å². The second-order valence-corrected chi connectivity index (χ2v) is 6.57. The van der Waals surface area contributed by atoms with Gasteiger partial charge in [0.1, 0.15) is 17.0 Å². The lowest BCUT2D eigenvalue weighted by Gasteiger charge is -2.18. The third-order valence-electron chi connectivity index (χ3n) is 4.59. The molecule has 4 aromatic rings. The molecule has 1 atom stereocenters. The van der Waals surface area contributed by atoms with Crippen LogP contribution in [0.5, 0.6) is 0 Å². The molecule has 0 aliphatic heterocycles. The Morgan fingerprint density at radius 2 is 1.76 bits per heavy atom. The smallest absolute Gasteiger partial charge is 0.270 e. The number of amides is 1. The van der Waals surface area contributed by atoms with E-state index in [0.29, 0.717) is 12.1 Å². The fourth-order valence-corrected chi connectivity index (χ4v) is 3.21. The second-order valence-electron chi connectivity index (χ2n) is 6.57. The number of aromatic nitrogens is 3. The minimum Gasteiger partial charge on any atom is -0.382 e. The van der Waals surface area contributed by atoms with Crippen LogP contribution in [0.1, 0.15) is 26.5 Å². The van der Waals surface area contributed by atoms with Crippen molar-refractivity contribution in [1.29, 1.82) is 0 Å². The fourth-order valence-electron chi connectivity index (χ4n) is 3.21. The Hall–Kier alpha value is -4.00. The number of fused-ring (bicyclic) bond motifs is 1.